The number of aromatic nitrogens is 2. The predicted molar refractivity (Wildman–Crippen MR) is 63.0 cm³/mol. The van der Waals surface area contributed by atoms with Crippen LogP contribution < -0.4 is 5.56 Å². The van der Waals surface area contributed by atoms with Gasteiger partial charge in [-0.3, -0.25) is 9.59 Å². The number of aliphatic hydroxyl groups excluding tert-OH is 1. The topological polar surface area (TPSA) is 86.3 Å². The average molecular weight is 249 g/mol. The number of aromatic amines is 1. The maximum absolute atomic E-state index is 12.2. The molecule has 1 amide bonds. The van der Waals surface area contributed by atoms with Gasteiger partial charge >= 0.3 is 0 Å². The third-order valence-electron chi connectivity index (χ3n) is 4.00. The maximum atomic E-state index is 12.2. The van der Waals surface area contributed by atoms with E-state index in [2.05, 4.69) is 9.97 Å². The molecule has 2 fully saturated rings. The number of fused-ring (bicyclic) bond motifs is 1. The summed E-state index contributed by atoms with van der Waals surface area (Å²) in [6, 6.07) is 0. The van der Waals surface area contributed by atoms with Crippen LogP contribution in [0.1, 0.15) is 23.3 Å². The molecule has 2 aliphatic rings. The van der Waals surface area contributed by atoms with Gasteiger partial charge in [0.05, 0.1) is 12.3 Å². The fraction of sp³-hybridized carbons (Fsp3) is 0.583. The van der Waals surface area contributed by atoms with Gasteiger partial charge in [-0.15, -0.1) is 0 Å². The first-order valence-corrected chi connectivity index (χ1v) is 6.17. The van der Waals surface area contributed by atoms with E-state index in [9.17, 15) is 14.7 Å². The van der Waals surface area contributed by atoms with Crippen LogP contribution in [0.15, 0.2) is 17.2 Å². The van der Waals surface area contributed by atoms with Gasteiger partial charge in [-0.1, -0.05) is 0 Å². The molecule has 2 N–H and O–H groups in total. The van der Waals surface area contributed by atoms with Crippen molar-refractivity contribution in [1.29, 1.82) is 0 Å². The van der Waals surface area contributed by atoms with Crippen molar-refractivity contribution >= 4 is 5.91 Å². The summed E-state index contributed by atoms with van der Waals surface area (Å²) < 4.78 is 0. The first kappa shape index (κ1) is 11.4. The largest absolute Gasteiger partial charge is 0.393 e. The Bertz CT molecular complexity index is 507. The zero-order valence-electron chi connectivity index (χ0n) is 9.87. The second-order valence-corrected chi connectivity index (χ2v) is 5.08. The average Bonchev–Trinajstić information content (AvgIpc) is 2.92. The summed E-state index contributed by atoms with van der Waals surface area (Å²) in [6.07, 6.45) is 3.99. The molecule has 0 radical (unpaired) electrons. The molecule has 6 nitrogen and oxygen atoms in total. The van der Waals surface area contributed by atoms with E-state index in [1.807, 2.05) is 0 Å². The first-order valence-electron chi connectivity index (χ1n) is 6.17. The molecule has 1 aliphatic heterocycles. The third kappa shape index (κ3) is 1.82. The highest BCUT2D eigenvalue weighted by Gasteiger charge is 2.43. The molecular formula is C12H15N3O3. The van der Waals surface area contributed by atoms with E-state index in [4.69, 9.17) is 0 Å². The molecule has 0 spiro atoms. The van der Waals surface area contributed by atoms with E-state index < -0.39 is 0 Å². The van der Waals surface area contributed by atoms with Crippen molar-refractivity contribution in [2.24, 2.45) is 11.8 Å². The summed E-state index contributed by atoms with van der Waals surface area (Å²) in [7, 11) is 0. The highest BCUT2D eigenvalue weighted by Crippen LogP contribution is 2.38. The lowest BCUT2D eigenvalue weighted by atomic mass is 10.00. The molecule has 1 aromatic heterocycles. The van der Waals surface area contributed by atoms with Crippen LogP contribution in [-0.4, -0.2) is 45.1 Å². The monoisotopic (exact) mass is 249 g/mol. The lowest BCUT2D eigenvalue weighted by molar-refractivity contribution is 0.0746. The van der Waals surface area contributed by atoms with Crippen LogP contribution in [0.25, 0.3) is 0 Å². The molecule has 3 atom stereocenters. The van der Waals surface area contributed by atoms with Crippen LogP contribution in [-0.2, 0) is 0 Å². The number of nitrogens with one attached hydrogen (secondary N) is 1. The normalized spacial score (nSPS) is 30.5. The van der Waals surface area contributed by atoms with Crippen molar-refractivity contribution in [3.63, 3.8) is 0 Å². The smallest absolute Gasteiger partial charge is 0.273 e. The number of nitrogens with zero attached hydrogens (tertiary/aromatic N) is 2. The standard InChI is InChI=1S/C12H15N3O3/c16-10-2-1-7-5-15(6-8(7)10)12(18)9-3-14-11(17)4-13-9/h3-4,7-8,10,16H,1-2,5-6H2,(H,14,17). The Morgan fingerprint density at radius 3 is 2.94 bits per heavy atom. The molecule has 1 saturated heterocycles. The van der Waals surface area contributed by atoms with Crippen LogP contribution in [0, 0.1) is 11.8 Å². The number of carbonyl (C=O) groups excluding carboxylic acids is 1. The molecule has 1 saturated carbocycles. The third-order valence-corrected chi connectivity index (χ3v) is 4.00. The molecule has 0 bridgehead atoms. The second-order valence-electron chi connectivity index (χ2n) is 5.08. The fourth-order valence-corrected chi connectivity index (χ4v) is 3.02. The summed E-state index contributed by atoms with van der Waals surface area (Å²) in [5, 5.41) is 9.80. The summed E-state index contributed by atoms with van der Waals surface area (Å²) in [4.78, 5) is 31.1. The quantitative estimate of drug-likeness (QED) is 0.710. The van der Waals surface area contributed by atoms with Gasteiger partial charge in [-0.2, -0.15) is 0 Å². The highest BCUT2D eigenvalue weighted by molar-refractivity contribution is 5.92. The molecule has 2 heterocycles. The van der Waals surface area contributed by atoms with Crippen molar-refractivity contribution in [2.45, 2.75) is 18.9 Å². The highest BCUT2D eigenvalue weighted by atomic mass is 16.3. The predicted octanol–water partition coefficient (Wildman–Crippen LogP) is -0.387. The van der Waals surface area contributed by atoms with Gasteiger partial charge in [0.15, 0.2) is 0 Å². The SMILES string of the molecule is O=C(c1c[nH]c(=O)cn1)N1CC2CCC(O)C2C1. The lowest BCUT2D eigenvalue weighted by Gasteiger charge is -2.17. The van der Waals surface area contributed by atoms with Crippen LogP contribution in [0.3, 0.4) is 0 Å². The van der Waals surface area contributed by atoms with Gasteiger partial charge in [0.2, 0.25) is 0 Å². The molecule has 3 rings (SSSR count). The lowest BCUT2D eigenvalue weighted by Crippen LogP contribution is -2.32. The number of amides is 1. The van der Waals surface area contributed by atoms with E-state index in [0.29, 0.717) is 19.0 Å². The number of hydrogen-bond donors (Lipinski definition) is 2. The Labute approximate surface area is 104 Å². The Balaban J connectivity index is 1.75. The van der Waals surface area contributed by atoms with E-state index >= 15 is 0 Å². The Kier molecular flexibility index (Phi) is 2.66. The molecule has 3 unspecified atom stereocenters. The summed E-state index contributed by atoms with van der Waals surface area (Å²) in [6.45, 7) is 1.27. The van der Waals surface area contributed by atoms with Crippen LogP contribution in [0.2, 0.25) is 0 Å². The molecule has 1 aromatic rings. The summed E-state index contributed by atoms with van der Waals surface area (Å²) >= 11 is 0. The minimum Gasteiger partial charge on any atom is -0.393 e. The Morgan fingerprint density at radius 1 is 1.44 bits per heavy atom. The number of H-pyrrole nitrogens is 1. The molecular weight excluding hydrogens is 234 g/mol. The number of hydrogen-bond acceptors (Lipinski definition) is 4. The van der Waals surface area contributed by atoms with Gasteiger partial charge in [0.1, 0.15) is 5.69 Å². The van der Waals surface area contributed by atoms with Gasteiger partial charge in [0, 0.05) is 25.2 Å². The van der Waals surface area contributed by atoms with Gasteiger partial charge in [0.25, 0.3) is 11.5 Å². The molecule has 0 aromatic carbocycles. The summed E-state index contributed by atoms with van der Waals surface area (Å²) in [5.41, 5.74) is -0.0654. The van der Waals surface area contributed by atoms with Crippen molar-refractivity contribution < 1.29 is 9.90 Å². The van der Waals surface area contributed by atoms with Gasteiger partial charge < -0.3 is 15.0 Å². The number of carbonyl (C=O) groups is 1. The zero-order chi connectivity index (χ0) is 12.7. The number of rotatable bonds is 1. The van der Waals surface area contributed by atoms with Crippen LogP contribution in [0.4, 0.5) is 0 Å². The number of likely N-dealkylation sites (tertiary alicyclic amines) is 1. The van der Waals surface area contributed by atoms with Crippen molar-refractivity contribution in [1.82, 2.24) is 14.9 Å². The van der Waals surface area contributed by atoms with Crippen molar-refractivity contribution in [3.05, 3.63) is 28.4 Å². The Morgan fingerprint density at radius 2 is 2.28 bits per heavy atom. The molecule has 96 valence electrons. The van der Waals surface area contributed by atoms with Crippen molar-refractivity contribution in [2.75, 3.05) is 13.1 Å². The first-order chi connectivity index (χ1) is 8.65. The zero-order valence-corrected chi connectivity index (χ0v) is 9.87. The van der Waals surface area contributed by atoms with Gasteiger partial charge in [-0.25, -0.2) is 4.98 Å². The minimum absolute atomic E-state index is 0.173. The fourth-order valence-electron chi connectivity index (χ4n) is 3.02. The van der Waals surface area contributed by atoms with E-state index in [1.54, 1.807) is 4.90 Å². The maximum Gasteiger partial charge on any atom is 0.273 e. The number of aliphatic hydroxyl groups is 1. The van der Waals surface area contributed by atoms with Gasteiger partial charge in [-0.05, 0) is 18.8 Å². The molecule has 6 heteroatoms. The summed E-state index contributed by atoms with van der Waals surface area (Å²) in [5.74, 6) is 0.441. The van der Waals surface area contributed by atoms with E-state index in [-0.39, 0.29) is 29.2 Å². The van der Waals surface area contributed by atoms with Crippen LogP contribution >= 0.6 is 0 Å². The Hall–Kier alpha value is -1.69. The van der Waals surface area contributed by atoms with E-state index in [1.165, 1.54) is 6.20 Å². The minimum atomic E-state index is -0.319. The van der Waals surface area contributed by atoms with Crippen LogP contribution in [0.5, 0.6) is 0 Å². The molecule has 1 aliphatic carbocycles. The molecule has 18 heavy (non-hydrogen) atoms. The second kappa shape index (κ2) is 4.20. The van der Waals surface area contributed by atoms with E-state index in [0.717, 1.165) is 19.0 Å². The van der Waals surface area contributed by atoms with Crippen molar-refractivity contribution in [3.8, 4) is 0 Å².